The van der Waals surface area contributed by atoms with Gasteiger partial charge in [0.15, 0.2) is 11.6 Å². The van der Waals surface area contributed by atoms with E-state index in [1.165, 1.54) is 0 Å². The molecule has 0 aliphatic carbocycles. The molecule has 1 heterocycles. The molecule has 114 valence electrons. The van der Waals surface area contributed by atoms with E-state index in [4.69, 9.17) is 5.11 Å². The average molecular weight is 297 g/mol. The van der Waals surface area contributed by atoms with Crippen molar-refractivity contribution >= 4 is 11.8 Å². The van der Waals surface area contributed by atoms with E-state index in [2.05, 4.69) is 0 Å². The van der Waals surface area contributed by atoms with E-state index in [1.54, 1.807) is 0 Å². The van der Waals surface area contributed by atoms with Crippen LogP contribution in [0.4, 0.5) is 8.78 Å². The maximum absolute atomic E-state index is 13.3. The lowest BCUT2D eigenvalue weighted by Crippen LogP contribution is -2.47. The van der Waals surface area contributed by atoms with E-state index in [-0.39, 0.29) is 24.2 Å². The van der Waals surface area contributed by atoms with Gasteiger partial charge in [-0.05, 0) is 24.0 Å². The second-order valence-corrected chi connectivity index (χ2v) is 6.19. The van der Waals surface area contributed by atoms with Gasteiger partial charge < -0.3 is 5.11 Å². The number of hydrogen-bond acceptors (Lipinski definition) is 3. The molecule has 1 aliphatic rings. The number of carbonyl (C=O) groups is 2. The van der Waals surface area contributed by atoms with Crippen molar-refractivity contribution in [1.82, 2.24) is 4.90 Å². The molecule has 0 radical (unpaired) electrons. The summed E-state index contributed by atoms with van der Waals surface area (Å²) in [6, 6.07) is 0.952. The third-order valence-corrected chi connectivity index (χ3v) is 3.67. The van der Waals surface area contributed by atoms with Crippen LogP contribution in [-0.2, 0) is 0 Å². The summed E-state index contributed by atoms with van der Waals surface area (Å²) in [5, 5.41) is 9.17. The number of rotatable bonds is 3. The molecule has 4 nitrogen and oxygen atoms in total. The first-order valence-electron chi connectivity index (χ1n) is 6.66. The second-order valence-electron chi connectivity index (χ2n) is 6.19. The molecule has 0 bridgehead atoms. The number of aliphatic hydroxyl groups excluding tert-OH is 1. The summed E-state index contributed by atoms with van der Waals surface area (Å²) in [5.41, 5.74) is -0.732. The van der Waals surface area contributed by atoms with Crippen LogP contribution in [0.25, 0.3) is 0 Å². The largest absolute Gasteiger partial charge is 0.396 e. The molecule has 0 spiro atoms. The Morgan fingerprint density at radius 2 is 1.52 bits per heavy atom. The van der Waals surface area contributed by atoms with Crippen molar-refractivity contribution in [1.29, 1.82) is 0 Å². The van der Waals surface area contributed by atoms with Crippen molar-refractivity contribution in [2.75, 3.05) is 6.61 Å². The van der Waals surface area contributed by atoms with Crippen molar-refractivity contribution in [2.45, 2.75) is 33.2 Å². The number of halogens is 2. The fourth-order valence-corrected chi connectivity index (χ4v) is 2.61. The van der Waals surface area contributed by atoms with Crippen LogP contribution in [0.2, 0.25) is 0 Å². The van der Waals surface area contributed by atoms with E-state index in [9.17, 15) is 18.4 Å². The number of imide groups is 1. The van der Waals surface area contributed by atoms with Crippen molar-refractivity contribution in [2.24, 2.45) is 5.41 Å². The number of fused-ring (bicyclic) bond motifs is 1. The molecule has 21 heavy (non-hydrogen) atoms. The first-order chi connectivity index (χ1) is 9.68. The summed E-state index contributed by atoms with van der Waals surface area (Å²) in [7, 11) is 0. The fraction of sp³-hybridized carbons (Fsp3) is 0.467. The lowest BCUT2D eigenvalue weighted by Gasteiger charge is -2.36. The smallest absolute Gasteiger partial charge is 0.261 e. The van der Waals surface area contributed by atoms with Crippen LogP contribution >= 0.6 is 0 Å². The minimum atomic E-state index is -1.16. The number of benzene rings is 1. The second kappa shape index (κ2) is 5.18. The quantitative estimate of drug-likeness (QED) is 0.871. The third-order valence-electron chi connectivity index (χ3n) is 3.67. The Labute approximate surface area is 121 Å². The molecule has 2 amide bonds. The standard InChI is InChI=1S/C15H17F2NO3/c1-15(2,3)12(4-5-19)18-13(20)8-6-10(16)11(17)7-9(8)14(18)21/h6-7,12,19H,4-5H2,1-3H3. The van der Waals surface area contributed by atoms with Gasteiger partial charge in [-0.1, -0.05) is 20.8 Å². The fourth-order valence-electron chi connectivity index (χ4n) is 2.61. The Morgan fingerprint density at radius 1 is 1.10 bits per heavy atom. The van der Waals surface area contributed by atoms with E-state index in [0.717, 1.165) is 17.0 Å². The van der Waals surface area contributed by atoms with Crippen LogP contribution in [0.15, 0.2) is 12.1 Å². The molecule has 1 unspecified atom stereocenters. The summed E-state index contributed by atoms with van der Waals surface area (Å²) in [6.07, 6.45) is 0.208. The zero-order valence-electron chi connectivity index (χ0n) is 12.1. The van der Waals surface area contributed by atoms with Crippen LogP contribution in [-0.4, -0.2) is 34.5 Å². The molecule has 1 aliphatic heterocycles. The molecule has 1 atom stereocenters. The first kappa shape index (κ1) is 15.6. The molecular weight excluding hydrogens is 280 g/mol. The van der Waals surface area contributed by atoms with Crippen LogP contribution in [0.1, 0.15) is 47.9 Å². The van der Waals surface area contributed by atoms with E-state index >= 15 is 0 Å². The predicted octanol–water partition coefficient (Wildman–Crippen LogP) is 2.36. The van der Waals surface area contributed by atoms with Gasteiger partial charge in [0.2, 0.25) is 0 Å². The first-order valence-corrected chi connectivity index (χ1v) is 6.66. The monoisotopic (exact) mass is 297 g/mol. The Hall–Kier alpha value is -1.82. The predicted molar refractivity (Wildman–Crippen MR) is 71.8 cm³/mol. The normalized spacial score (nSPS) is 16.4. The summed E-state index contributed by atoms with van der Waals surface area (Å²) < 4.78 is 26.6. The lowest BCUT2D eigenvalue weighted by molar-refractivity contribution is 0.0410. The summed E-state index contributed by atoms with van der Waals surface area (Å²) >= 11 is 0. The lowest BCUT2D eigenvalue weighted by atomic mass is 9.84. The molecule has 0 saturated carbocycles. The van der Waals surface area contributed by atoms with Gasteiger partial charge in [-0.25, -0.2) is 8.78 Å². The van der Waals surface area contributed by atoms with E-state index < -0.39 is 34.9 Å². The number of carbonyl (C=O) groups excluding carboxylic acids is 2. The van der Waals surface area contributed by atoms with Gasteiger partial charge in [0.05, 0.1) is 11.1 Å². The molecule has 0 aromatic heterocycles. The zero-order valence-corrected chi connectivity index (χ0v) is 12.1. The van der Waals surface area contributed by atoms with Crippen LogP contribution < -0.4 is 0 Å². The van der Waals surface area contributed by atoms with Gasteiger partial charge in [-0.15, -0.1) is 0 Å². The topological polar surface area (TPSA) is 57.6 Å². The van der Waals surface area contributed by atoms with Gasteiger partial charge in [-0.2, -0.15) is 0 Å². The third kappa shape index (κ3) is 2.55. The summed E-state index contributed by atoms with van der Waals surface area (Å²) in [6.45, 7) is 5.30. The molecule has 1 aromatic carbocycles. The Kier molecular flexibility index (Phi) is 3.84. The highest BCUT2D eigenvalue weighted by molar-refractivity contribution is 6.21. The Bertz CT molecular complexity index is 567. The van der Waals surface area contributed by atoms with Gasteiger partial charge in [0, 0.05) is 12.6 Å². The molecule has 1 aromatic rings. The zero-order chi connectivity index (χ0) is 15.9. The Balaban J connectivity index is 2.49. The minimum absolute atomic E-state index is 0.133. The molecule has 2 rings (SSSR count). The SMILES string of the molecule is CC(C)(C)C(CCO)N1C(=O)c2cc(F)c(F)cc2C1=O. The van der Waals surface area contributed by atoms with Crippen molar-refractivity contribution < 1.29 is 23.5 Å². The Morgan fingerprint density at radius 3 is 1.86 bits per heavy atom. The number of amides is 2. The van der Waals surface area contributed by atoms with Crippen LogP contribution in [0.3, 0.4) is 0 Å². The number of aliphatic hydroxyl groups is 1. The van der Waals surface area contributed by atoms with Gasteiger partial charge in [0.1, 0.15) is 0 Å². The van der Waals surface area contributed by atoms with Crippen molar-refractivity contribution in [3.05, 3.63) is 34.9 Å². The molecular formula is C15H17F2NO3. The summed E-state index contributed by atoms with van der Waals surface area (Å²) in [4.78, 5) is 25.7. The molecule has 1 N–H and O–H groups in total. The van der Waals surface area contributed by atoms with Gasteiger partial charge in [0.25, 0.3) is 11.8 Å². The molecule has 6 heteroatoms. The average Bonchev–Trinajstić information content (AvgIpc) is 2.59. The molecule has 0 saturated heterocycles. The number of nitrogens with zero attached hydrogens (tertiary/aromatic N) is 1. The van der Waals surface area contributed by atoms with Crippen molar-refractivity contribution in [3.63, 3.8) is 0 Å². The maximum atomic E-state index is 13.3. The number of hydrogen-bond donors (Lipinski definition) is 1. The van der Waals surface area contributed by atoms with E-state index in [1.807, 2.05) is 20.8 Å². The van der Waals surface area contributed by atoms with Crippen molar-refractivity contribution in [3.8, 4) is 0 Å². The highest BCUT2D eigenvalue weighted by Crippen LogP contribution is 2.34. The van der Waals surface area contributed by atoms with Gasteiger partial charge >= 0.3 is 0 Å². The van der Waals surface area contributed by atoms with Crippen LogP contribution in [0, 0.1) is 17.0 Å². The highest BCUT2D eigenvalue weighted by atomic mass is 19.2. The van der Waals surface area contributed by atoms with E-state index in [0.29, 0.717) is 0 Å². The van der Waals surface area contributed by atoms with Gasteiger partial charge in [-0.3, -0.25) is 14.5 Å². The highest BCUT2D eigenvalue weighted by Gasteiger charge is 2.44. The summed E-state index contributed by atoms with van der Waals surface area (Å²) in [5.74, 6) is -3.62. The van der Waals surface area contributed by atoms with Crippen LogP contribution in [0.5, 0.6) is 0 Å². The minimum Gasteiger partial charge on any atom is -0.396 e. The maximum Gasteiger partial charge on any atom is 0.261 e. The molecule has 0 fully saturated rings.